The minimum Gasteiger partial charge on any atom is -0.310 e. The zero-order valence-corrected chi connectivity index (χ0v) is 14.0. The molecule has 0 bridgehead atoms. The van der Waals surface area contributed by atoms with Gasteiger partial charge in [-0.15, -0.1) is 0 Å². The van der Waals surface area contributed by atoms with E-state index >= 15 is 0 Å². The number of halogens is 3. The molecule has 0 aliphatic carbocycles. The van der Waals surface area contributed by atoms with Crippen LogP contribution >= 0.6 is 44.9 Å². The van der Waals surface area contributed by atoms with Crippen molar-refractivity contribution in [1.82, 2.24) is 4.98 Å². The van der Waals surface area contributed by atoms with E-state index in [0.717, 1.165) is 3.57 Å². The Morgan fingerprint density at radius 3 is 2.74 bits per heavy atom. The van der Waals surface area contributed by atoms with E-state index in [0.29, 0.717) is 17.3 Å². The fourth-order valence-corrected chi connectivity index (χ4v) is 4.54. The Morgan fingerprint density at radius 1 is 1.47 bits per heavy atom. The second-order valence-corrected chi connectivity index (χ2v) is 8.62. The third-order valence-electron chi connectivity index (χ3n) is 2.74. The van der Waals surface area contributed by atoms with Gasteiger partial charge >= 0.3 is 0 Å². The SMILES string of the molecule is O=C1CC(CS(=O)(=O)Cl)CN1c1c(Cl)cncc1I. The van der Waals surface area contributed by atoms with E-state index in [1.54, 1.807) is 6.20 Å². The predicted molar refractivity (Wildman–Crippen MR) is 82.1 cm³/mol. The Bertz CT molecular complexity index is 603. The molecule has 1 saturated heterocycles. The summed E-state index contributed by atoms with van der Waals surface area (Å²) in [6.45, 7) is 0.296. The maximum Gasteiger partial charge on any atom is 0.232 e. The number of nitrogens with zero attached hydrogens (tertiary/aromatic N) is 2. The van der Waals surface area contributed by atoms with Crippen molar-refractivity contribution in [3.63, 3.8) is 0 Å². The first-order valence-electron chi connectivity index (χ1n) is 5.29. The number of anilines is 1. The van der Waals surface area contributed by atoms with Gasteiger partial charge in [0.25, 0.3) is 0 Å². The second kappa shape index (κ2) is 5.71. The van der Waals surface area contributed by atoms with Crippen LogP contribution in [0.25, 0.3) is 0 Å². The molecule has 1 unspecified atom stereocenters. The van der Waals surface area contributed by atoms with Crippen molar-refractivity contribution in [3.05, 3.63) is 21.0 Å². The van der Waals surface area contributed by atoms with Gasteiger partial charge in [-0.1, -0.05) is 11.6 Å². The molecule has 1 amide bonds. The summed E-state index contributed by atoms with van der Waals surface area (Å²) in [4.78, 5) is 17.4. The van der Waals surface area contributed by atoms with Crippen LogP contribution < -0.4 is 4.90 Å². The standard InChI is InChI=1S/C10H9Cl2IN2O3S/c11-7-2-14-3-8(13)10(7)15-4-6(1-9(15)16)5-19(12,17)18/h2-3,6H,1,4-5H2. The number of aromatic nitrogens is 1. The molecule has 0 saturated carbocycles. The molecular formula is C10H9Cl2IN2O3S. The van der Waals surface area contributed by atoms with Crippen LogP contribution in [-0.2, 0) is 13.8 Å². The lowest BCUT2D eigenvalue weighted by molar-refractivity contribution is -0.117. The summed E-state index contributed by atoms with van der Waals surface area (Å²) >= 11 is 8.09. The quantitative estimate of drug-likeness (QED) is 0.540. The molecule has 2 rings (SSSR count). The molecule has 2 heterocycles. The maximum atomic E-state index is 12.0. The minimum absolute atomic E-state index is 0.153. The van der Waals surface area contributed by atoms with E-state index in [2.05, 4.69) is 4.98 Å². The zero-order valence-electron chi connectivity index (χ0n) is 9.51. The lowest BCUT2D eigenvalue weighted by Crippen LogP contribution is -2.26. The van der Waals surface area contributed by atoms with Gasteiger partial charge in [0.1, 0.15) is 0 Å². The smallest absolute Gasteiger partial charge is 0.232 e. The molecule has 1 aromatic heterocycles. The third kappa shape index (κ3) is 3.71. The van der Waals surface area contributed by atoms with E-state index in [9.17, 15) is 13.2 Å². The summed E-state index contributed by atoms with van der Waals surface area (Å²) in [5.74, 6) is -0.679. The summed E-state index contributed by atoms with van der Waals surface area (Å²) in [6.07, 6.45) is 3.21. The van der Waals surface area contributed by atoms with Crippen molar-refractivity contribution < 1.29 is 13.2 Å². The van der Waals surface area contributed by atoms with Gasteiger partial charge in [0.05, 0.1) is 20.0 Å². The molecule has 0 spiro atoms. The number of hydrogen-bond acceptors (Lipinski definition) is 4. The van der Waals surface area contributed by atoms with Crippen molar-refractivity contribution in [2.45, 2.75) is 6.42 Å². The van der Waals surface area contributed by atoms with Crippen molar-refractivity contribution in [3.8, 4) is 0 Å². The van der Waals surface area contributed by atoms with Crippen LogP contribution in [0.2, 0.25) is 5.02 Å². The second-order valence-electron chi connectivity index (χ2n) is 4.23. The van der Waals surface area contributed by atoms with Gasteiger partial charge < -0.3 is 4.90 Å². The largest absolute Gasteiger partial charge is 0.310 e. The lowest BCUT2D eigenvalue weighted by atomic mass is 10.1. The minimum atomic E-state index is -3.61. The molecule has 5 nitrogen and oxygen atoms in total. The maximum absolute atomic E-state index is 12.0. The highest BCUT2D eigenvalue weighted by atomic mass is 127. The molecule has 1 aromatic rings. The normalized spacial score (nSPS) is 20.1. The Labute approximate surface area is 133 Å². The average Bonchev–Trinajstić information content (AvgIpc) is 2.56. The van der Waals surface area contributed by atoms with Crippen LogP contribution in [0.3, 0.4) is 0 Å². The summed E-state index contributed by atoms with van der Waals surface area (Å²) in [7, 11) is 1.61. The number of carbonyl (C=O) groups excluding carboxylic acids is 1. The molecule has 0 aromatic carbocycles. The van der Waals surface area contributed by atoms with Crippen molar-refractivity contribution in [1.29, 1.82) is 0 Å². The van der Waals surface area contributed by atoms with E-state index in [1.807, 2.05) is 22.6 Å². The highest BCUT2D eigenvalue weighted by molar-refractivity contribution is 14.1. The Morgan fingerprint density at radius 2 is 2.16 bits per heavy atom. The number of amides is 1. The number of hydrogen-bond donors (Lipinski definition) is 0. The summed E-state index contributed by atoms with van der Waals surface area (Å²) in [5, 5.41) is 0.370. The molecule has 1 aliphatic heterocycles. The number of pyridine rings is 1. The van der Waals surface area contributed by atoms with E-state index in [-0.39, 0.29) is 24.0 Å². The molecule has 0 radical (unpaired) electrons. The number of rotatable bonds is 3. The van der Waals surface area contributed by atoms with E-state index < -0.39 is 9.05 Å². The topological polar surface area (TPSA) is 67.3 Å². The van der Waals surface area contributed by atoms with E-state index in [1.165, 1.54) is 11.1 Å². The van der Waals surface area contributed by atoms with Crippen LogP contribution in [0.5, 0.6) is 0 Å². The first-order valence-corrected chi connectivity index (χ1v) is 9.23. The van der Waals surface area contributed by atoms with E-state index in [4.69, 9.17) is 22.3 Å². The molecule has 1 aliphatic rings. The summed E-state index contributed by atoms with van der Waals surface area (Å²) in [6, 6.07) is 0. The molecule has 19 heavy (non-hydrogen) atoms. The average molecular weight is 435 g/mol. The number of carbonyl (C=O) groups is 1. The van der Waals surface area contributed by atoms with Crippen LogP contribution in [0.4, 0.5) is 5.69 Å². The van der Waals surface area contributed by atoms with Gasteiger partial charge in [0.15, 0.2) is 0 Å². The fraction of sp³-hybridized carbons (Fsp3) is 0.400. The molecule has 9 heteroatoms. The fourth-order valence-electron chi connectivity index (χ4n) is 2.05. The summed E-state index contributed by atoms with van der Waals surface area (Å²) < 4.78 is 22.9. The van der Waals surface area contributed by atoms with Gasteiger partial charge in [-0.2, -0.15) is 0 Å². The molecule has 1 fully saturated rings. The van der Waals surface area contributed by atoms with Crippen LogP contribution in [0, 0.1) is 9.49 Å². The summed E-state index contributed by atoms with van der Waals surface area (Å²) in [5.41, 5.74) is 0.580. The predicted octanol–water partition coefficient (Wildman–Crippen LogP) is 2.26. The first-order chi connectivity index (χ1) is 8.78. The molecular weight excluding hydrogens is 426 g/mol. The van der Waals surface area contributed by atoms with Gasteiger partial charge in [-0.3, -0.25) is 9.78 Å². The highest BCUT2D eigenvalue weighted by Crippen LogP contribution is 2.34. The van der Waals surface area contributed by atoms with Crippen molar-refractivity contribution in [2.24, 2.45) is 5.92 Å². The van der Waals surface area contributed by atoms with Crippen LogP contribution in [0.15, 0.2) is 12.4 Å². The van der Waals surface area contributed by atoms with Crippen molar-refractivity contribution >= 4 is 65.5 Å². The van der Waals surface area contributed by atoms with Gasteiger partial charge in [0.2, 0.25) is 15.0 Å². The third-order valence-corrected chi connectivity index (χ3v) is 5.05. The molecule has 104 valence electrons. The monoisotopic (exact) mass is 434 g/mol. The Hall–Kier alpha value is -0.120. The van der Waals surface area contributed by atoms with Crippen molar-refractivity contribution in [2.75, 3.05) is 17.2 Å². The zero-order chi connectivity index (χ0) is 14.2. The Kier molecular flexibility index (Phi) is 4.59. The first kappa shape index (κ1) is 15.3. The lowest BCUT2D eigenvalue weighted by Gasteiger charge is -2.19. The van der Waals surface area contributed by atoms with Gasteiger partial charge in [0, 0.05) is 42.0 Å². The molecule has 0 N–H and O–H groups in total. The van der Waals surface area contributed by atoms with Gasteiger partial charge in [-0.05, 0) is 22.6 Å². The van der Waals surface area contributed by atoms with Crippen LogP contribution in [-0.4, -0.2) is 31.6 Å². The Balaban J connectivity index is 2.26. The molecule has 1 atom stereocenters. The van der Waals surface area contributed by atoms with Crippen LogP contribution in [0.1, 0.15) is 6.42 Å². The van der Waals surface area contributed by atoms with Gasteiger partial charge in [-0.25, -0.2) is 8.42 Å². The highest BCUT2D eigenvalue weighted by Gasteiger charge is 2.34.